The summed E-state index contributed by atoms with van der Waals surface area (Å²) in [7, 11) is 0. The topological polar surface area (TPSA) is 17.8 Å². The van der Waals surface area contributed by atoms with Crippen LogP contribution >= 0.6 is 0 Å². The summed E-state index contributed by atoms with van der Waals surface area (Å²) in [6.07, 6.45) is 3.05. The summed E-state index contributed by atoms with van der Waals surface area (Å²) in [4.78, 5) is 0. The van der Waals surface area contributed by atoms with Gasteiger partial charge in [-0.1, -0.05) is 31.2 Å². The molecule has 0 unspecified atom stereocenters. The summed E-state index contributed by atoms with van der Waals surface area (Å²) in [6, 6.07) is 8.75. The molecule has 0 amide bonds. The van der Waals surface area contributed by atoms with Crippen molar-refractivity contribution in [1.29, 1.82) is 0 Å². The Balaban J connectivity index is 2.38. The van der Waals surface area contributed by atoms with Crippen molar-refractivity contribution < 1.29 is 0 Å². The lowest BCUT2D eigenvalue weighted by Crippen LogP contribution is -1.98. The van der Waals surface area contributed by atoms with E-state index in [2.05, 4.69) is 50.1 Å². The van der Waals surface area contributed by atoms with E-state index in [1.54, 1.807) is 0 Å². The van der Waals surface area contributed by atoms with Crippen molar-refractivity contribution in [3.8, 4) is 11.1 Å². The fraction of sp³-hybridized carbons (Fsp3) is 0.357. The first-order valence-electron chi connectivity index (χ1n) is 5.88. The van der Waals surface area contributed by atoms with Gasteiger partial charge in [-0.2, -0.15) is 5.10 Å². The van der Waals surface area contributed by atoms with Crippen LogP contribution in [-0.2, 0) is 13.0 Å². The molecular weight excluding hydrogens is 196 g/mol. The molecule has 84 valence electrons. The van der Waals surface area contributed by atoms with E-state index >= 15 is 0 Å². The number of hydrogen-bond donors (Lipinski definition) is 0. The molecule has 1 aromatic heterocycles. The van der Waals surface area contributed by atoms with Crippen LogP contribution in [-0.4, -0.2) is 9.78 Å². The van der Waals surface area contributed by atoms with Crippen LogP contribution in [0.1, 0.15) is 25.1 Å². The lowest BCUT2D eigenvalue weighted by Gasteiger charge is -2.03. The fourth-order valence-electron chi connectivity index (χ4n) is 1.97. The van der Waals surface area contributed by atoms with Crippen LogP contribution in [0.2, 0.25) is 0 Å². The largest absolute Gasteiger partial charge is 0.270 e. The minimum Gasteiger partial charge on any atom is -0.270 e. The number of hydrogen-bond acceptors (Lipinski definition) is 1. The summed E-state index contributed by atoms with van der Waals surface area (Å²) in [6.45, 7) is 7.35. The molecule has 16 heavy (non-hydrogen) atoms. The third kappa shape index (κ3) is 1.87. The summed E-state index contributed by atoms with van der Waals surface area (Å²) in [5.41, 5.74) is 5.12. The van der Waals surface area contributed by atoms with E-state index < -0.39 is 0 Å². The molecule has 0 aliphatic rings. The highest BCUT2D eigenvalue weighted by atomic mass is 15.3. The monoisotopic (exact) mass is 214 g/mol. The average molecular weight is 214 g/mol. The molecule has 1 heterocycles. The van der Waals surface area contributed by atoms with Gasteiger partial charge in [-0.15, -0.1) is 0 Å². The van der Waals surface area contributed by atoms with Gasteiger partial charge in [-0.05, 0) is 31.4 Å². The number of aromatic nitrogens is 2. The zero-order valence-corrected chi connectivity index (χ0v) is 10.2. The Kier molecular flexibility index (Phi) is 3.09. The number of aryl methyl sites for hydroxylation is 2. The van der Waals surface area contributed by atoms with E-state index in [1.165, 1.54) is 22.4 Å². The second-order valence-electron chi connectivity index (χ2n) is 4.01. The maximum Gasteiger partial charge on any atom is 0.0571 e. The quantitative estimate of drug-likeness (QED) is 0.765. The van der Waals surface area contributed by atoms with Crippen LogP contribution in [0, 0.1) is 6.92 Å². The van der Waals surface area contributed by atoms with Gasteiger partial charge >= 0.3 is 0 Å². The lowest BCUT2D eigenvalue weighted by molar-refractivity contribution is 0.640. The number of rotatable bonds is 3. The van der Waals surface area contributed by atoms with Gasteiger partial charge in [-0.25, -0.2) is 0 Å². The van der Waals surface area contributed by atoms with Crippen LogP contribution in [0.15, 0.2) is 30.5 Å². The van der Waals surface area contributed by atoms with Crippen molar-refractivity contribution in [3.63, 3.8) is 0 Å². The molecule has 0 aliphatic carbocycles. The number of nitrogens with zero attached hydrogens (tertiary/aromatic N) is 2. The highest BCUT2D eigenvalue weighted by molar-refractivity contribution is 5.65. The highest BCUT2D eigenvalue weighted by Crippen LogP contribution is 2.23. The second-order valence-corrected chi connectivity index (χ2v) is 4.01. The second kappa shape index (κ2) is 4.52. The van der Waals surface area contributed by atoms with Crippen molar-refractivity contribution in [1.82, 2.24) is 9.78 Å². The molecular formula is C14H18N2. The molecule has 0 fully saturated rings. The molecule has 1 aromatic carbocycles. The molecule has 0 radical (unpaired) electrons. The third-order valence-corrected chi connectivity index (χ3v) is 3.08. The summed E-state index contributed by atoms with van der Waals surface area (Å²) >= 11 is 0. The highest BCUT2D eigenvalue weighted by Gasteiger charge is 2.06. The lowest BCUT2D eigenvalue weighted by atomic mass is 10.0. The maximum absolute atomic E-state index is 4.37. The average Bonchev–Trinajstić information content (AvgIpc) is 2.70. The van der Waals surface area contributed by atoms with Crippen molar-refractivity contribution in [3.05, 3.63) is 41.7 Å². The summed E-state index contributed by atoms with van der Waals surface area (Å²) in [5, 5.41) is 4.37. The first-order valence-corrected chi connectivity index (χ1v) is 5.88. The molecule has 2 heteroatoms. The minimum absolute atomic E-state index is 0.929. The first kappa shape index (κ1) is 10.9. The molecule has 0 N–H and O–H groups in total. The standard InChI is InChI=1S/C14H18N2/c1-4-12-6-8-13(9-7-12)14-10-15-16(5-2)11(14)3/h6-10H,4-5H2,1-3H3. The number of benzene rings is 1. The molecule has 0 atom stereocenters. The van der Waals surface area contributed by atoms with Gasteiger partial charge in [0.05, 0.1) is 6.20 Å². The van der Waals surface area contributed by atoms with Gasteiger partial charge in [0.2, 0.25) is 0 Å². The molecule has 0 spiro atoms. The zero-order valence-electron chi connectivity index (χ0n) is 10.2. The van der Waals surface area contributed by atoms with Gasteiger partial charge < -0.3 is 0 Å². The van der Waals surface area contributed by atoms with E-state index in [9.17, 15) is 0 Å². The Morgan fingerprint density at radius 3 is 2.31 bits per heavy atom. The van der Waals surface area contributed by atoms with Crippen molar-refractivity contribution in [2.45, 2.75) is 33.7 Å². The molecule has 2 nitrogen and oxygen atoms in total. The molecule has 0 saturated heterocycles. The molecule has 0 aliphatic heterocycles. The van der Waals surface area contributed by atoms with E-state index in [1.807, 2.05) is 10.9 Å². The van der Waals surface area contributed by atoms with Gasteiger partial charge in [0.25, 0.3) is 0 Å². The Hall–Kier alpha value is -1.57. The van der Waals surface area contributed by atoms with Crippen molar-refractivity contribution >= 4 is 0 Å². The Bertz CT molecular complexity index is 466. The van der Waals surface area contributed by atoms with Gasteiger partial charge in [0.15, 0.2) is 0 Å². The van der Waals surface area contributed by atoms with E-state index in [0.717, 1.165) is 13.0 Å². The minimum atomic E-state index is 0.929. The molecule has 0 saturated carbocycles. The van der Waals surface area contributed by atoms with Crippen LogP contribution < -0.4 is 0 Å². The fourth-order valence-corrected chi connectivity index (χ4v) is 1.97. The summed E-state index contributed by atoms with van der Waals surface area (Å²) < 4.78 is 2.03. The Morgan fingerprint density at radius 2 is 1.81 bits per heavy atom. The van der Waals surface area contributed by atoms with E-state index in [-0.39, 0.29) is 0 Å². The van der Waals surface area contributed by atoms with Gasteiger partial charge in [0.1, 0.15) is 0 Å². The summed E-state index contributed by atoms with van der Waals surface area (Å²) in [5.74, 6) is 0. The van der Waals surface area contributed by atoms with E-state index in [0.29, 0.717) is 0 Å². The molecule has 2 aromatic rings. The predicted octanol–water partition coefficient (Wildman–Crippen LogP) is 3.44. The van der Waals surface area contributed by atoms with E-state index in [4.69, 9.17) is 0 Å². The molecule has 2 rings (SSSR count). The van der Waals surface area contributed by atoms with Crippen LogP contribution in [0.5, 0.6) is 0 Å². The SMILES string of the molecule is CCc1ccc(-c2cnn(CC)c2C)cc1. The van der Waals surface area contributed by atoms with Crippen molar-refractivity contribution in [2.24, 2.45) is 0 Å². The first-order chi connectivity index (χ1) is 7.76. The Labute approximate surface area is 96.9 Å². The van der Waals surface area contributed by atoms with Gasteiger partial charge in [0, 0.05) is 17.8 Å². The van der Waals surface area contributed by atoms with Crippen LogP contribution in [0.3, 0.4) is 0 Å². The third-order valence-electron chi connectivity index (χ3n) is 3.08. The Morgan fingerprint density at radius 1 is 1.12 bits per heavy atom. The smallest absolute Gasteiger partial charge is 0.0571 e. The normalized spacial score (nSPS) is 10.7. The molecule has 0 bridgehead atoms. The van der Waals surface area contributed by atoms with Crippen LogP contribution in [0.25, 0.3) is 11.1 Å². The van der Waals surface area contributed by atoms with Gasteiger partial charge in [-0.3, -0.25) is 4.68 Å². The van der Waals surface area contributed by atoms with Crippen LogP contribution in [0.4, 0.5) is 0 Å². The maximum atomic E-state index is 4.37. The zero-order chi connectivity index (χ0) is 11.5. The predicted molar refractivity (Wildman–Crippen MR) is 67.5 cm³/mol. The van der Waals surface area contributed by atoms with Crippen molar-refractivity contribution in [2.75, 3.05) is 0 Å².